The second kappa shape index (κ2) is 6.45. The van der Waals surface area contributed by atoms with Crippen LogP contribution in [0.3, 0.4) is 0 Å². The summed E-state index contributed by atoms with van der Waals surface area (Å²) in [6, 6.07) is 0. The van der Waals surface area contributed by atoms with Crippen molar-refractivity contribution in [1.82, 2.24) is 0 Å². The SMILES string of the molecule is CC(=O)OC1OC(=O)C=C2C(Cl)=C[C@H]3[C@@H]4CC[C@H](C(C)=O)[C@@]4(C)CC[C@@H]3[C@]21C. The standard InChI is InChI=1S/C22H27ClO5/c1-11(24)14-5-6-15-13-9-18(23)17-10-19(26)28-20(27-12(2)25)22(17,4)16(13)7-8-21(14,15)3/h9-10,13-16,20H,5-8H2,1-4H3/t13-,14+,15-,16-,20?,21+,22+/m0/s1. The van der Waals surface area contributed by atoms with E-state index in [0.717, 1.165) is 25.7 Å². The monoisotopic (exact) mass is 406 g/mol. The average Bonchev–Trinajstić information content (AvgIpc) is 2.94. The van der Waals surface area contributed by atoms with Gasteiger partial charge in [-0.2, -0.15) is 0 Å². The third-order valence-corrected chi connectivity index (χ3v) is 8.35. The van der Waals surface area contributed by atoms with Crippen LogP contribution in [0.5, 0.6) is 0 Å². The highest BCUT2D eigenvalue weighted by atomic mass is 35.5. The van der Waals surface area contributed by atoms with Crippen LogP contribution >= 0.6 is 11.6 Å². The topological polar surface area (TPSA) is 69.7 Å². The van der Waals surface area contributed by atoms with Crippen LogP contribution in [0, 0.1) is 34.5 Å². The van der Waals surface area contributed by atoms with Crippen molar-refractivity contribution in [2.24, 2.45) is 34.5 Å². The lowest BCUT2D eigenvalue weighted by molar-refractivity contribution is -0.219. The van der Waals surface area contributed by atoms with Gasteiger partial charge in [-0.25, -0.2) is 4.79 Å². The molecule has 0 aromatic rings. The van der Waals surface area contributed by atoms with Gasteiger partial charge in [0.1, 0.15) is 5.78 Å². The van der Waals surface area contributed by atoms with Gasteiger partial charge in [0.05, 0.1) is 5.41 Å². The molecule has 0 saturated heterocycles. The fraction of sp³-hybridized carbons (Fsp3) is 0.682. The Kier molecular flexibility index (Phi) is 4.53. The van der Waals surface area contributed by atoms with Gasteiger partial charge in [0.2, 0.25) is 0 Å². The fourth-order valence-electron chi connectivity index (χ4n) is 6.71. The summed E-state index contributed by atoms with van der Waals surface area (Å²) < 4.78 is 10.9. The zero-order chi connectivity index (χ0) is 20.4. The summed E-state index contributed by atoms with van der Waals surface area (Å²) in [5, 5.41) is 0.535. The van der Waals surface area contributed by atoms with E-state index in [1.54, 1.807) is 6.92 Å². The molecule has 0 aromatic carbocycles. The lowest BCUT2D eigenvalue weighted by Gasteiger charge is -2.57. The van der Waals surface area contributed by atoms with E-state index in [4.69, 9.17) is 21.1 Å². The number of cyclic esters (lactones) is 1. The van der Waals surface area contributed by atoms with Crippen molar-refractivity contribution in [2.75, 3.05) is 0 Å². The number of fused-ring (bicyclic) bond motifs is 5. The molecule has 7 atom stereocenters. The van der Waals surface area contributed by atoms with Crippen molar-refractivity contribution in [2.45, 2.75) is 59.7 Å². The van der Waals surface area contributed by atoms with E-state index >= 15 is 0 Å². The molecule has 6 heteroatoms. The van der Waals surface area contributed by atoms with Crippen molar-refractivity contribution < 1.29 is 23.9 Å². The summed E-state index contributed by atoms with van der Waals surface area (Å²) in [4.78, 5) is 36.1. The normalized spacial score (nSPS) is 44.3. The second-order valence-electron chi connectivity index (χ2n) is 9.31. The van der Waals surface area contributed by atoms with Crippen molar-refractivity contribution in [3.05, 3.63) is 22.8 Å². The van der Waals surface area contributed by atoms with Crippen LogP contribution in [0.25, 0.3) is 0 Å². The maximum atomic E-state index is 12.3. The molecule has 2 saturated carbocycles. The molecule has 4 aliphatic rings. The highest BCUT2D eigenvalue weighted by Gasteiger charge is 2.63. The number of carbonyl (C=O) groups excluding carboxylic acids is 3. The maximum Gasteiger partial charge on any atom is 0.334 e. The number of ketones is 1. The minimum atomic E-state index is -0.984. The molecule has 1 heterocycles. The molecule has 0 spiro atoms. The van der Waals surface area contributed by atoms with Crippen molar-refractivity contribution in [1.29, 1.82) is 0 Å². The Labute approximate surface area is 170 Å². The van der Waals surface area contributed by atoms with E-state index in [1.165, 1.54) is 13.0 Å². The number of carbonyl (C=O) groups is 3. The zero-order valence-corrected chi connectivity index (χ0v) is 17.5. The van der Waals surface area contributed by atoms with Gasteiger partial charge in [-0.15, -0.1) is 0 Å². The predicted molar refractivity (Wildman–Crippen MR) is 103 cm³/mol. The summed E-state index contributed by atoms with van der Waals surface area (Å²) in [5.41, 5.74) is -0.0330. The van der Waals surface area contributed by atoms with Crippen molar-refractivity contribution >= 4 is 29.3 Å². The van der Waals surface area contributed by atoms with E-state index in [0.29, 0.717) is 16.5 Å². The summed E-state index contributed by atoms with van der Waals surface area (Å²) >= 11 is 6.68. The first kappa shape index (κ1) is 19.7. The smallest absolute Gasteiger partial charge is 0.334 e. The predicted octanol–water partition coefficient (Wildman–Crippen LogP) is 4.15. The number of Topliss-reactive ketones (excluding diaryl/α,β-unsaturated/α-hetero) is 1. The lowest BCUT2D eigenvalue weighted by atomic mass is 9.49. The van der Waals surface area contributed by atoms with Crippen LogP contribution in [0.2, 0.25) is 0 Å². The number of halogens is 1. The molecule has 3 aliphatic carbocycles. The molecule has 0 amide bonds. The third kappa shape index (κ3) is 2.62. The Morgan fingerprint density at radius 3 is 2.54 bits per heavy atom. The largest absolute Gasteiger partial charge is 0.424 e. The van der Waals surface area contributed by atoms with E-state index in [-0.39, 0.29) is 29.0 Å². The summed E-state index contributed by atoms with van der Waals surface area (Å²) in [5.74, 6) is -0.0464. The number of esters is 2. The number of rotatable bonds is 2. The van der Waals surface area contributed by atoms with E-state index in [2.05, 4.69) is 13.0 Å². The Bertz CT molecular complexity index is 814. The Morgan fingerprint density at radius 2 is 1.89 bits per heavy atom. The van der Waals surface area contributed by atoms with Crippen LogP contribution in [0.4, 0.5) is 0 Å². The van der Waals surface area contributed by atoms with E-state index in [1.807, 2.05) is 6.92 Å². The minimum Gasteiger partial charge on any atom is -0.424 e. The Morgan fingerprint density at radius 1 is 1.18 bits per heavy atom. The van der Waals surface area contributed by atoms with Gasteiger partial charge in [0.25, 0.3) is 6.29 Å². The quantitative estimate of drug-likeness (QED) is 0.644. The summed E-state index contributed by atoms with van der Waals surface area (Å²) in [7, 11) is 0. The summed E-state index contributed by atoms with van der Waals surface area (Å²) in [6.07, 6.45) is 6.22. The molecule has 1 unspecified atom stereocenters. The van der Waals surface area contributed by atoms with Gasteiger partial charge in [-0.3, -0.25) is 9.59 Å². The Hall–Kier alpha value is -1.62. The highest BCUT2D eigenvalue weighted by molar-refractivity contribution is 6.32. The number of hydrogen-bond donors (Lipinski definition) is 0. The van der Waals surface area contributed by atoms with Gasteiger partial charge in [0.15, 0.2) is 0 Å². The third-order valence-electron chi connectivity index (χ3n) is 8.02. The van der Waals surface area contributed by atoms with Gasteiger partial charge in [-0.05, 0) is 68.3 Å². The second-order valence-corrected chi connectivity index (χ2v) is 9.72. The van der Waals surface area contributed by atoms with E-state index < -0.39 is 23.6 Å². The molecule has 1 aliphatic heterocycles. The van der Waals surface area contributed by atoms with E-state index in [9.17, 15) is 14.4 Å². The van der Waals surface area contributed by atoms with Gasteiger partial charge < -0.3 is 9.47 Å². The first-order chi connectivity index (χ1) is 13.1. The molecule has 4 rings (SSSR count). The van der Waals surface area contributed by atoms with Gasteiger partial charge in [-0.1, -0.05) is 24.6 Å². The Balaban J connectivity index is 1.79. The first-order valence-corrected chi connectivity index (χ1v) is 10.4. The first-order valence-electron chi connectivity index (χ1n) is 10.1. The van der Waals surface area contributed by atoms with Crippen molar-refractivity contribution in [3.63, 3.8) is 0 Å². The minimum absolute atomic E-state index is 0.0412. The maximum absolute atomic E-state index is 12.3. The molecule has 0 N–H and O–H groups in total. The van der Waals surface area contributed by atoms with Crippen molar-refractivity contribution in [3.8, 4) is 0 Å². The molecule has 152 valence electrons. The molecule has 28 heavy (non-hydrogen) atoms. The molecule has 2 fully saturated rings. The highest BCUT2D eigenvalue weighted by Crippen LogP contribution is 2.66. The van der Waals surface area contributed by atoms with Crippen LogP contribution < -0.4 is 0 Å². The summed E-state index contributed by atoms with van der Waals surface area (Å²) in [6.45, 7) is 7.26. The molecule has 5 nitrogen and oxygen atoms in total. The van der Waals surface area contributed by atoms with Crippen LogP contribution in [0.15, 0.2) is 22.8 Å². The average molecular weight is 407 g/mol. The zero-order valence-electron chi connectivity index (χ0n) is 16.8. The lowest BCUT2D eigenvalue weighted by Crippen LogP contribution is -2.56. The van der Waals surface area contributed by atoms with Crippen LogP contribution in [0.1, 0.15) is 53.4 Å². The van der Waals surface area contributed by atoms with Gasteiger partial charge >= 0.3 is 11.9 Å². The number of hydrogen-bond acceptors (Lipinski definition) is 5. The molecular weight excluding hydrogens is 380 g/mol. The molecular formula is C22H27ClO5. The molecule has 0 aromatic heterocycles. The van der Waals surface area contributed by atoms with Crippen LogP contribution in [-0.2, 0) is 23.9 Å². The fourth-order valence-corrected chi connectivity index (χ4v) is 7.12. The number of ether oxygens (including phenoxy) is 2. The van der Waals surface area contributed by atoms with Gasteiger partial charge in [0, 0.05) is 23.9 Å². The number of allylic oxidation sites excluding steroid dienone is 2. The van der Waals surface area contributed by atoms with Crippen LogP contribution in [-0.4, -0.2) is 24.0 Å². The molecule has 0 bridgehead atoms. The molecule has 0 radical (unpaired) electrons.